The van der Waals surface area contributed by atoms with E-state index in [9.17, 15) is 4.79 Å². The number of hydrogen-bond donors (Lipinski definition) is 2. The molecule has 0 saturated heterocycles. The number of hydrogen-bond acceptors (Lipinski definition) is 2. The molecule has 0 fully saturated rings. The van der Waals surface area contributed by atoms with Crippen LogP contribution in [0.3, 0.4) is 0 Å². The van der Waals surface area contributed by atoms with Crippen LogP contribution in [-0.2, 0) is 24.1 Å². The highest BCUT2D eigenvalue weighted by Gasteiger charge is 2.28. The van der Waals surface area contributed by atoms with Crippen LogP contribution >= 0.6 is 27.5 Å². The van der Waals surface area contributed by atoms with Gasteiger partial charge in [-0.25, -0.2) is 0 Å². The third-order valence-corrected chi connectivity index (χ3v) is 7.50. The molecule has 2 aromatic carbocycles. The van der Waals surface area contributed by atoms with Gasteiger partial charge in [0.1, 0.15) is 0 Å². The number of anilines is 1. The van der Waals surface area contributed by atoms with Crippen LogP contribution < -0.4 is 5.32 Å². The van der Waals surface area contributed by atoms with Gasteiger partial charge in [0.15, 0.2) is 0 Å². The third kappa shape index (κ3) is 3.60. The molecule has 1 amide bonds. The van der Waals surface area contributed by atoms with E-state index in [1.165, 1.54) is 40.4 Å². The van der Waals surface area contributed by atoms with Crippen LogP contribution in [0.25, 0.3) is 22.4 Å². The van der Waals surface area contributed by atoms with Gasteiger partial charge in [0, 0.05) is 44.5 Å². The van der Waals surface area contributed by atoms with Gasteiger partial charge in [0.05, 0.1) is 17.0 Å². The van der Waals surface area contributed by atoms with Crippen molar-refractivity contribution in [3.63, 3.8) is 0 Å². The van der Waals surface area contributed by atoms with Crippen molar-refractivity contribution in [2.24, 2.45) is 0 Å². The highest BCUT2D eigenvalue weighted by molar-refractivity contribution is 9.10. The fourth-order valence-corrected chi connectivity index (χ4v) is 6.01. The maximum absolute atomic E-state index is 12.9. The molecular formula is C27H21BrClN3O. The summed E-state index contributed by atoms with van der Waals surface area (Å²) in [4.78, 5) is 21.3. The molecular weight excluding hydrogens is 498 g/mol. The molecule has 4 aromatic rings. The van der Waals surface area contributed by atoms with Gasteiger partial charge >= 0.3 is 0 Å². The van der Waals surface area contributed by atoms with Crippen LogP contribution in [0.4, 0.5) is 5.69 Å². The first kappa shape index (κ1) is 20.7. The van der Waals surface area contributed by atoms with E-state index in [0.29, 0.717) is 10.6 Å². The number of rotatable bonds is 3. The lowest BCUT2D eigenvalue weighted by molar-refractivity contribution is -0.110. The van der Waals surface area contributed by atoms with Crippen molar-refractivity contribution >= 4 is 61.5 Å². The number of nitrogens with zero attached hydrogens (tertiary/aromatic N) is 1. The minimum Gasteiger partial charge on any atom is -0.358 e. The van der Waals surface area contributed by atoms with E-state index in [2.05, 4.69) is 56.6 Å². The molecule has 1 aliphatic heterocycles. The molecule has 4 nitrogen and oxygen atoms in total. The standard InChI is InChI=1S/C27H21BrClN3O/c28-22-12-16(29)11-20-21(27(33)32-26(20)22)14-25-19(18-7-3-4-8-23(18)31-25)13-24-17-6-2-1-5-15(17)9-10-30-24/h1-2,5-6,9-12,14,31H,3-4,7-8,13H2,(H,32,33). The minimum absolute atomic E-state index is 0.116. The number of H-pyrrole nitrogens is 1. The Morgan fingerprint density at radius 1 is 1.12 bits per heavy atom. The van der Waals surface area contributed by atoms with Gasteiger partial charge in [0.2, 0.25) is 0 Å². The van der Waals surface area contributed by atoms with E-state index in [-0.39, 0.29) is 5.91 Å². The molecule has 0 saturated carbocycles. The number of aromatic amines is 1. The molecule has 2 N–H and O–H groups in total. The number of aryl methyl sites for hydroxylation is 1. The van der Waals surface area contributed by atoms with Crippen molar-refractivity contribution in [3.05, 3.63) is 91.9 Å². The molecule has 0 atom stereocenters. The van der Waals surface area contributed by atoms with Gasteiger partial charge in [-0.1, -0.05) is 35.9 Å². The van der Waals surface area contributed by atoms with E-state index in [1.54, 1.807) is 6.07 Å². The lowest BCUT2D eigenvalue weighted by Crippen LogP contribution is -2.05. The zero-order valence-electron chi connectivity index (χ0n) is 17.8. The van der Waals surface area contributed by atoms with Crippen LogP contribution in [-0.4, -0.2) is 15.9 Å². The quantitative estimate of drug-likeness (QED) is 0.289. The molecule has 6 heteroatoms. The fraction of sp³-hybridized carbons (Fsp3) is 0.185. The predicted molar refractivity (Wildman–Crippen MR) is 138 cm³/mol. The summed E-state index contributed by atoms with van der Waals surface area (Å²) in [5.41, 5.74) is 8.17. The molecule has 6 rings (SSSR count). The Labute approximate surface area is 205 Å². The van der Waals surface area contributed by atoms with Crippen molar-refractivity contribution in [2.45, 2.75) is 32.1 Å². The number of pyridine rings is 1. The van der Waals surface area contributed by atoms with Gasteiger partial charge in [-0.2, -0.15) is 0 Å². The number of carbonyl (C=O) groups is 1. The van der Waals surface area contributed by atoms with E-state index < -0.39 is 0 Å². The van der Waals surface area contributed by atoms with Crippen LogP contribution in [0.5, 0.6) is 0 Å². The third-order valence-electron chi connectivity index (χ3n) is 6.66. The summed E-state index contributed by atoms with van der Waals surface area (Å²) < 4.78 is 0.785. The Hall–Kier alpha value is -2.89. The molecule has 1 aliphatic carbocycles. The summed E-state index contributed by atoms with van der Waals surface area (Å²) in [6.45, 7) is 0. The molecule has 3 heterocycles. The average molecular weight is 519 g/mol. The molecule has 2 aromatic heterocycles. The molecule has 2 aliphatic rings. The minimum atomic E-state index is -0.116. The topological polar surface area (TPSA) is 57.8 Å². The van der Waals surface area contributed by atoms with Gasteiger partial charge in [-0.05, 0) is 82.4 Å². The average Bonchev–Trinajstić information content (AvgIpc) is 3.32. The lowest BCUT2D eigenvalue weighted by atomic mass is 9.91. The second kappa shape index (κ2) is 8.15. The van der Waals surface area contributed by atoms with E-state index >= 15 is 0 Å². The van der Waals surface area contributed by atoms with Crippen molar-refractivity contribution < 1.29 is 4.79 Å². The Morgan fingerprint density at radius 3 is 2.88 bits per heavy atom. The first-order valence-corrected chi connectivity index (χ1v) is 12.3. The molecule has 33 heavy (non-hydrogen) atoms. The van der Waals surface area contributed by atoms with E-state index in [1.807, 2.05) is 18.3 Å². The van der Waals surface area contributed by atoms with Gasteiger partial charge in [-0.3, -0.25) is 9.78 Å². The summed E-state index contributed by atoms with van der Waals surface area (Å²) in [5.74, 6) is -0.116. The largest absolute Gasteiger partial charge is 0.358 e. The second-order valence-electron chi connectivity index (χ2n) is 8.66. The predicted octanol–water partition coefficient (Wildman–Crippen LogP) is 6.94. The van der Waals surface area contributed by atoms with Crippen LogP contribution in [0.15, 0.2) is 53.1 Å². The smallest absolute Gasteiger partial charge is 0.256 e. The van der Waals surface area contributed by atoms with Gasteiger partial charge < -0.3 is 10.3 Å². The van der Waals surface area contributed by atoms with Gasteiger partial charge in [-0.15, -0.1) is 0 Å². The van der Waals surface area contributed by atoms with Gasteiger partial charge in [0.25, 0.3) is 5.91 Å². The van der Waals surface area contributed by atoms with Crippen molar-refractivity contribution in [1.29, 1.82) is 0 Å². The van der Waals surface area contributed by atoms with Crippen molar-refractivity contribution in [2.75, 3.05) is 5.32 Å². The number of halogens is 2. The molecule has 0 bridgehead atoms. The normalized spacial score (nSPS) is 16.2. The van der Waals surface area contributed by atoms with Crippen LogP contribution in [0.2, 0.25) is 5.02 Å². The number of carbonyl (C=O) groups excluding carboxylic acids is 1. The summed E-state index contributed by atoms with van der Waals surface area (Å²) >= 11 is 9.83. The maximum atomic E-state index is 12.9. The van der Waals surface area contributed by atoms with E-state index in [0.717, 1.165) is 46.4 Å². The summed E-state index contributed by atoms with van der Waals surface area (Å²) in [6.07, 6.45) is 9.05. The highest BCUT2D eigenvalue weighted by Crippen LogP contribution is 2.41. The number of fused-ring (bicyclic) bond motifs is 3. The molecule has 164 valence electrons. The highest BCUT2D eigenvalue weighted by atomic mass is 79.9. The van der Waals surface area contributed by atoms with E-state index in [4.69, 9.17) is 16.6 Å². The maximum Gasteiger partial charge on any atom is 0.256 e. The Kier molecular flexibility index (Phi) is 5.11. The number of benzene rings is 2. The summed E-state index contributed by atoms with van der Waals surface area (Å²) in [6, 6.07) is 14.1. The van der Waals surface area contributed by atoms with Crippen molar-refractivity contribution in [3.8, 4) is 0 Å². The number of nitrogens with one attached hydrogen (secondary N) is 2. The Balaban J connectivity index is 1.51. The first-order chi connectivity index (χ1) is 16.1. The van der Waals surface area contributed by atoms with Crippen LogP contribution in [0.1, 0.15) is 46.6 Å². The SMILES string of the molecule is O=C1Nc2c(Br)cc(Cl)cc2C1=Cc1[nH]c2c(c1Cc1nccc3ccccc13)CCCC2. The molecule has 0 spiro atoms. The van der Waals surface area contributed by atoms with Crippen LogP contribution in [0, 0.1) is 0 Å². The molecule has 0 unspecified atom stereocenters. The first-order valence-electron chi connectivity index (χ1n) is 11.2. The number of aromatic nitrogens is 2. The van der Waals surface area contributed by atoms with Crippen molar-refractivity contribution in [1.82, 2.24) is 9.97 Å². The fourth-order valence-electron chi connectivity index (χ4n) is 5.10. The lowest BCUT2D eigenvalue weighted by Gasteiger charge is -2.13. The molecule has 0 radical (unpaired) electrons. The summed E-state index contributed by atoms with van der Waals surface area (Å²) in [7, 11) is 0. The zero-order chi connectivity index (χ0) is 22.5. The number of amides is 1. The Bertz CT molecular complexity index is 1460. The Morgan fingerprint density at radius 2 is 1.97 bits per heavy atom. The zero-order valence-corrected chi connectivity index (χ0v) is 20.2. The monoisotopic (exact) mass is 517 g/mol. The second-order valence-corrected chi connectivity index (χ2v) is 9.95. The summed E-state index contributed by atoms with van der Waals surface area (Å²) in [5, 5.41) is 5.93.